The maximum atomic E-state index is 10.9. The molecular weight excluding hydrogens is 260 g/mol. The summed E-state index contributed by atoms with van der Waals surface area (Å²) in [7, 11) is 0. The van der Waals surface area contributed by atoms with Gasteiger partial charge in [-0.2, -0.15) is 0 Å². The number of hydrogen-bond acceptors (Lipinski definition) is 4. The Bertz CT molecular complexity index is 496. The van der Waals surface area contributed by atoms with E-state index < -0.39 is 5.97 Å². The van der Waals surface area contributed by atoms with Crippen molar-refractivity contribution in [2.75, 3.05) is 19.6 Å². The Balaban J connectivity index is 1.88. The molecular formula is C14H18N2O4. The molecule has 0 aliphatic carbocycles. The van der Waals surface area contributed by atoms with E-state index in [4.69, 9.17) is 5.11 Å². The average molecular weight is 278 g/mol. The van der Waals surface area contributed by atoms with Gasteiger partial charge in [0, 0.05) is 18.2 Å². The van der Waals surface area contributed by atoms with Crippen LogP contribution in [0.2, 0.25) is 0 Å². The van der Waals surface area contributed by atoms with Crippen LogP contribution in [0.3, 0.4) is 0 Å². The molecule has 108 valence electrons. The topological polar surface area (TPSA) is 83.7 Å². The quantitative estimate of drug-likeness (QED) is 0.657. The number of carbonyl (C=O) groups is 1. The van der Waals surface area contributed by atoms with Gasteiger partial charge < -0.3 is 10.0 Å². The maximum Gasteiger partial charge on any atom is 0.306 e. The highest BCUT2D eigenvalue weighted by molar-refractivity contribution is 5.70. The summed E-state index contributed by atoms with van der Waals surface area (Å²) in [6, 6.07) is 6.77. The van der Waals surface area contributed by atoms with E-state index in [2.05, 4.69) is 4.90 Å². The molecule has 1 aliphatic heterocycles. The van der Waals surface area contributed by atoms with Crippen molar-refractivity contribution in [1.29, 1.82) is 0 Å². The summed E-state index contributed by atoms with van der Waals surface area (Å²) >= 11 is 0. The zero-order chi connectivity index (χ0) is 14.5. The van der Waals surface area contributed by atoms with E-state index in [1.165, 1.54) is 6.07 Å². The maximum absolute atomic E-state index is 10.9. The summed E-state index contributed by atoms with van der Waals surface area (Å²) in [4.78, 5) is 23.6. The first kappa shape index (κ1) is 14.5. The first-order chi connectivity index (χ1) is 9.58. The molecule has 1 saturated heterocycles. The van der Waals surface area contributed by atoms with Crippen LogP contribution >= 0.6 is 0 Å². The predicted molar refractivity (Wildman–Crippen MR) is 73.6 cm³/mol. The van der Waals surface area contributed by atoms with E-state index in [1.54, 1.807) is 18.2 Å². The molecule has 0 bridgehead atoms. The number of carboxylic acid groups (broad SMARTS) is 1. The highest BCUT2D eigenvalue weighted by Crippen LogP contribution is 2.21. The third-order valence-electron chi connectivity index (χ3n) is 3.82. The molecule has 1 aliphatic rings. The summed E-state index contributed by atoms with van der Waals surface area (Å²) < 4.78 is 0. The van der Waals surface area contributed by atoms with E-state index in [0.717, 1.165) is 25.2 Å². The van der Waals surface area contributed by atoms with Crippen LogP contribution in [-0.2, 0) is 11.2 Å². The van der Waals surface area contributed by atoms with Crippen molar-refractivity contribution >= 4 is 11.7 Å². The molecule has 6 nitrogen and oxygen atoms in total. The molecule has 2 rings (SSSR count). The van der Waals surface area contributed by atoms with Crippen LogP contribution in [0.4, 0.5) is 5.69 Å². The lowest BCUT2D eigenvalue weighted by molar-refractivity contribution is -0.385. The number of carboxylic acids is 1. The molecule has 0 radical (unpaired) electrons. The number of benzene rings is 1. The van der Waals surface area contributed by atoms with E-state index in [9.17, 15) is 14.9 Å². The summed E-state index contributed by atoms with van der Waals surface area (Å²) in [6.45, 7) is 2.23. The normalized spacial score (nSPS) is 17.0. The molecule has 0 unspecified atom stereocenters. The minimum absolute atomic E-state index is 0.160. The lowest BCUT2D eigenvalue weighted by Gasteiger charge is -2.29. The van der Waals surface area contributed by atoms with Crippen molar-refractivity contribution in [3.05, 3.63) is 39.9 Å². The molecule has 6 heteroatoms. The Morgan fingerprint density at radius 3 is 2.60 bits per heavy atom. The molecule has 1 aromatic carbocycles. The molecule has 0 spiro atoms. The van der Waals surface area contributed by atoms with Crippen LogP contribution in [0, 0.1) is 16.0 Å². The second-order valence-corrected chi connectivity index (χ2v) is 5.09. The first-order valence-corrected chi connectivity index (χ1v) is 6.75. The van der Waals surface area contributed by atoms with Crippen molar-refractivity contribution in [1.82, 2.24) is 4.90 Å². The lowest BCUT2D eigenvalue weighted by atomic mass is 9.97. The van der Waals surface area contributed by atoms with E-state index in [1.807, 2.05) is 0 Å². The van der Waals surface area contributed by atoms with Crippen molar-refractivity contribution in [3.63, 3.8) is 0 Å². The molecule has 0 saturated carbocycles. The third-order valence-corrected chi connectivity index (χ3v) is 3.82. The van der Waals surface area contributed by atoms with Crippen molar-refractivity contribution in [2.45, 2.75) is 19.3 Å². The molecule has 1 aromatic rings. The standard InChI is InChI=1S/C14H18N2O4/c17-14(18)12-6-9-15(10-7-12)8-5-11-3-1-2-4-13(11)16(19)20/h1-4,12H,5-10H2,(H,17,18). The monoisotopic (exact) mass is 278 g/mol. The van der Waals surface area contributed by atoms with Gasteiger partial charge in [-0.15, -0.1) is 0 Å². The van der Waals surface area contributed by atoms with Crippen molar-refractivity contribution in [3.8, 4) is 0 Å². The van der Waals surface area contributed by atoms with Gasteiger partial charge in [0.1, 0.15) is 0 Å². The number of para-hydroxylation sites is 1. The van der Waals surface area contributed by atoms with Gasteiger partial charge in [-0.3, -0.25) is 14.9 Å². The van der Waals surface area contributed by atoms with E-state index >= 15 is 0 Å². The largest absolute Gasteiger partial charge is 0.481 e. The number of aliphatic carboxylic acids is 1. The van der Waals surface area contributed by atoms with Crippen molar-refractivity contribution in [2.24, 2.45) is 5.92 Å². The fourth-order valence-corrected chi connectivity index (χ4v) is 2.58. The van der Waals surface area contributed by atoms with Crippen LogP contribution in [0.15, 0.2) is 24.3 Å². The Morgan fingerprint density at radius 1 is 1.35 bits per heavy atom. The van der Waals surface area contributed by atoms with Gasteiger partial charge in [-0.05, 0) is 32.4 Å². The van der Waals surface area contributed by atoms with Crippen LogP contribution < -0.4 is 0 Å². The van der Waals surface area contributed by atoms with Crippen LogP contribution in [0.25, 0.3) is 0 Å². The highest BCUT2D eigenvalue weighted by Gasteiger charge is 2.24. The zero-order valence-electron chi connectivity index (χ0n) is 11.2. The van der Waals surface area contributed by atoms with Gasteiger partial charge in [0.2, 0.25) is 0 Å². The first-order valence-electron chi connectivity index (χ1n) is 6.75. The number of hydrogen-bond donors (Lipinski definition) is 1. The number of nitro benzene ring substituents is 1. The van der Waals surface area contributed by atoms with E-state index in [0.29, 0.717) is 19.3 Å². The summed E-state index contributed by atoms with van der Waals surface area (Å²) in [5.41, 5.74) is 0.894. The molecule has 1 fully saturated rings. The summed E-state index contributed by atoms with van der Waals surface area (Å²) in [6.07, 6.45) is 1.94. The van der Waals surface area contributed by atoms with Crippen LogP contribution in [0.1, 0.15) is 18.4 Å². The third kappa shape index (κ3) is 3.54. The van der Waals surface area contributed by atoms with Gasteiger partial charge in [0.15, 0.2) is 0 Å². The zero-order valence-corrected chi connectivity index (χ0v) is 11.2. The van der Waals surface area contributed by atoms with Gasteiger partial charge in [0.25, 0.3) is 5.69 Å². The number of nitrogens with zero attached hydrogens (tertiary/aromatic N) is 2. The molecule has 20 heavy (non-hydrogen) atoms. The molecule has 1 N–H and O–H groups in total. The smallest absolute Gasteiger partial charge is 0.306 e. The van der Waals surface area contributed by atoms with E-state index in [-0.39, 0.29) is 16.5 Å². The summed E-state index contributed by atoms with van der Waals surface area (Å²) in [5.74, 6) is -0.958. The highest BCUT2D eigenvalue weighted by atomic mass is 16.6. The predicted octanol–water partition coefficient (Wildman–Crippen LogP) is 1.93. The minimum atomic E-state index is -0.719. The number of nitro groups is 1. The fraction of sp³-hybridized carbons (Fsp3) is 0.500. The number of rotatable bonds is 5. The van der Waals surface area contributed by atoms with Crippen LogP contribution in [-0.4, -0.2) is 40.5 Å². The van der Waals surface area contributed by atoms with Gasteiger partial charge in [-0.1, -0.05) is 18.2 Å². The Morgan fingerprint density at radius 2 is 2.00 bits per heavy atom. The number of likely N-dealkylation sites (tertiary alicyclic amines) is 1. The van der Waals surface area contributed by atoms with Gasteiger partial charge >= 0.3 is 5.97 Å². The molecule has 0 atom stereocenters. The Labute approximate surface area is 117 Å². The van der Waals surface area contributed by atoms with Gasteiger partial charge in [-0.25, -0.2) is 0 Å². The second kappa shape index (κ2) is 6.47. The Hall–Kier alpha value is -1.95. The lowest BCUT2D eigenvalue weighted by Crippen LogP contribution is -2.37. The Kier molecular flexibility index (Phi) is 4.68. The number of piperidine rings is 1. The second-order valence-electron chi connectivity index (χ2n) is 5.09. The molecule has 1 heterocycles. The molecule has 0 aromatic heterocycles. The van der Waals surface area contributed by atoms with Crippen molar-refractivity contribution < 1.29 is 14.8 Å². The summed E-state index contributed by atoms with van der Waals surface area (Å²) in [5, 5.41) is 19.9. The fourth-order valence-electron chi connectivity index (χ4n) is 2.58. The minimum Gasteiger partial charge on any atom is -0.481 e. The van der Waals surface area contributed by atoms with Crippen LogP contribution in [0.5, 0.6) is 0 Å². The molecule has 0 amide bonds. The SMILES string of the molecule is O=C(O)C1CCN(CCc2ccccc2[N+](=O)[O-])CC1. The van der Waals surface area contributed by atoms with Gasteiger partial charge in [0.05, 0.1) is 10.8 Å². The average Bonchev–Trinajstić information content (AvgIpc) is 2.45.